The van der Waals surface area contributed by atoms with E-state index < -0.39 is 6.04 Å². The average molecular weight is 366 g/mol. The monoisotopic (exact) mass is 366 g/mol. The van der Waals surface area contributed by atoms with Crippen molar-refractivity contribution in [3.05, 3.63) is 65.2 Å². The Labute approximate surface area is 160 Å². The smallest absolute Gasteiger partial charge is 0.323 e. The van der Waals surface area contributed by atoms with Gasteiger partial charge in [-0.3, -0.25) is 14.5 Å². The summed E-state index contributed by atoms with van der Waals surface area (Å²) in [7, 11) is 1.39. The van der Waals surface area contributed by atoms with Crippen molar-refractivity contribution in [1.29, 1.82) is 0 Å². The van der Waals surface area contributed by atoms with Crippen LogP contribution in [-0.2, 0) is 27.3 Å². The van der Waals surface area contributed by atoms with Crippen molar-refractivity contribution in [2.75, 3.05) is 19.0 Å². The molecule has 0 aliphatic carbocycles. The van der Waals surface area contributed by atoms with E-state index in [1.54, 1.807) is 0 Å². The molecule has 0 unspecified atom stereocenters. The molecule has 5 nitrogen and oxygen atoms in total. The van der Waals surface area contributed by atoms with Crippen LogP contribution >= 0.6 is 0 Å². The van der Waals surface area contributed by atoms with Crippen molar-refractivity contribution in [3.63, 3.8) is 0 Å². The van der Waals surface area contributed by atoms with E-state index in [4.69, 9.17) is 4.74 Å². The minimum Gasteiger partial charge on any atom is -0.468 e. The Hall–Kier alpha value is -2.66. The first-order valence-electron chi connectivity index (χ1n) is 9.26. The number of carbonyl (C=O) groups excluding carboxylic acids is 2. The number of anilines is 1. The van der Waals surface area contributed by atoms with Gasteiger partial charge in [-0.15, -0.1) is 0 Å². The number of benzene rings is 2. The molecule has 5 heteroatoms. The van der Waals surface area contributed by atoms with Crippen molar-refractivity contribution >= 4 is 17.6 Å². The fraction of sp³-hybridized carbons (Fsp3) is 0.364. The van der Waals surface area contributed by atoms with Crippen LogP contribution in [0.25, 0.3) is 0 Å². The Morgan fingerprint density at radius 2 is 1.78 bits per heavy atom. The molecule has 0 spiro atoms. The molecule has 1 aliphatic heterocycles. The van der Waals surface area contributed by atoms with E-state index in [9.17, 15) is 9.59 Å². The van der Waals surface area contributed by atoms with Crippen molar-refractivity contribution in [2.24, 2.45) is 0 Å². The summed E-state index contributed by atoms with van der Waals surface area (Å²) in [6.45, 7) is 4.96. The molecule has 2 aromatic carbocycles. The standard InChI is InChI=1S/C22H26N2O3/c1-15(2)16-8-10-19(11-9-16)23-21(25)14-24-13-18-7-5-4-6-17(18)12-20(24)22(26)27-3/h4-11,15,20H,12-14H2,1-3H3,(H,23,25)/t20-/m0/s1. The van der Waals surface area contributed by atoms with Crippen LogP contribution in [0.3, 0.4) is 0 Å². The second kappa shape index (κ2) is 8.35. The van der Waals surface area contributed by atoms with Gasteiger partial charge in [0.25, 0.3) is 0 Å². The van der Waals surface area contributed by atoms with Gasteiger partial charge in [0.2, 0.25) is 5.91 Å². The highest BCUT2D eigenvalue weighted by Crippen LogP contribution is 2.24. The molecule has 2 aromatic rings. The van der Waals surface area contributed by atoms with Crippen molar-refractivity contribution in [3.8, 4) is 0 Å². The zero-order valence-electron chi connectivity index (χ0n) is 16.1. The van der Waals surface area contributed by atoms with E-state index in [0.717, 1.165) is 16.8 Å². The van der Waals surface area contributed by atoms with E-state index in [1.807, 2.05) is 53.4 Å². The fourth-order valence-electron chi connectivity index (χ4n) is 3.45. The van der Waals surface area contributed by atoms with Gasteiger partial charge in [-0.25, -0.2) is 0 Å². The average Bonchev–Trinajstić information content (AvgIpc) is 2.67. The molecule has 27 heavy (non-hydrogen) atoms. The number of nitrogens with zero attached hydrogens (tertiary/aromatic N) is 1. The largest absolute Gasteiger partial charge is 0.468 e. The van der Waals surface area contributed by atoms with Crippen molar-refractivity contribution in [2.45, 2.75) is 38.8 Å². The van der Waals surface area contributed by atoms with Crippen LogP contribution in [0, 0.1) is 0 Å². The maximum Gasteiger partial charge on any atom is 0.323 e. The van der Waals surface area contributed by atoms with Gasteiger partial charge < -0.3 is 10.1 Å². The molecular weight excluding hydrogens is 340 g/mol. The van der Waals surface area contributed by atoms with E-state index in [1.165, 1.54) is 12.7 Å². The van der Waals surface area contributed by atoms with Crippen LogP contribution in [-0.4, -0.2) is 36.5 Å². The molecule has 1 amide bonds. The second-order valence-corrected chi connectivity index (χ2v) is 7.24. The van der Waals surface area contributed by atoms with Gasteiger partial charge in [-0.05, 0) is 41.2 Å². The molecule has 1 heterocycles. The Bertz CT molecular complexity index is 815. The van der Waals surface area contributed by atoms with Gasteiger partial charge in [-0.2, -0.15) is 0 Å². The lowest BCUT2D eigenvalue weighted by Crippen LogP contribution is -2.49. The number of hydrogen-bond donors (Lipinski definition) is 1. The Balaban J connectivity index is 1.70. The van der Waals surface area contributed by atoms with Crippen molar-refractivity contribution in [1.82, 2.24) is 4.90 Å². The van der Waals surface area contributed by atoms with E-state index in [2.05, 4.69) is 19.2 Å². The summed E-state index contributed by atoms with van der Waals surface area (Å²) in [6, 6.07) is 15.4. The predicted molar refractivity (Wildman–Crippen MR) is 106 cm³/mol. The first kappa shape index (κ1) is 19.1. The lowest BCUT2D eigenvalue weighted by atomic mass is 9.94. The minimum atomic E-state index is -0.445. The molecule has 1 N–H and O–H groups in total. The zero-order chi connectivity index (χ0) is 19.4. The topological polar surface area (TPSA) is 58.6 Å². The van der Waals surface area contributed by atoms with Gasteiger partial charge in [-0.1, -0.05) is 50.2 Å². The van der Waals surface area contributed by atoms with Crippen LogP contribution in [0.4, 0.5) is 5.69 Å². The van der Waals surface area contributed by atoms with Crippen LogP contribution in [0.1, 0.15) is 36.5 Å². The number of carbonyl (C=O) groups is 2. The highest BCUT2D eigenvalue weighted by atomic mass is 16.5. The van der Waals surface area contributed by atoms with Crippen LogP contribution in [0.15, 0.2) is 48.5 Å². The number of ether oxygens (including phenoxy) is 1. The molecule has 3 rings (SSSR count). The molecular formula is C22H26N2O3. The van der Waals surface area contributed by atoms with Gasteiger partial charge >= 0.3 is 5.97 Å². The first-order valence-corrected chi connectivity index (χ1v) is 9.26. The number of hydrogen-bond acceptors (Lipinski definition) is 4. The molecule has 0 fully saturated rings. The van der Waals surface area contributed by atoms with Gasteiger partial charge in [0.15, 0.2) is 0 Å². The number of nitrogens with one attached hydrogen (secondary N) is 1. The van der Waals surface area contributed by atoms with Crippen LogP contribution in [0.2, 0.25) is 0 Å². The third-order valence-electron chi connectivity index (χ3n) is 5.03. The number of methoxy groups -OCH3 is 1. The molecule has 0 bridgehead atoms. The predicted octanol–water partition coefficient (Wildman–Crippen LogP) is 3.35. The highest BCUT2D eigenvalue weighted by Gasteiger charge is 2.33. The summed E-state index contributed by atoms with van der Waals surface area (Å²) in [6.07, 6.45) is 0.555. The summed E-state index contributed by atoms with van der Waals surface area (Å²) in [5.74, 6) is 0.00292. The van der Waals surface area contributed by atoms with E-state index in [-0.39, 0.29) is 18.4 Å². The maximum atomic E-state index is 12.6. The maximum absolute atomic E-state index is 12.6. The van der Waals surface area contributed by atoms with Crippen LogP contribution < -0.4 is 5.32 Å². The summed E-state index contributed by atoms with van der Waals surface area (Å²) in [5.41, 5.74) is 4.27. The van der Waals surface area contributed by atoms with E-state index in [0.29, 0.717) is 18.9 Å². The number of esters is 1. The molecule has 0 aromatic heterocycles. The molecule has 1 atom stereocenters. The summed E-state index contributed by atoms with van der Waals surface area (Å²) < 4.78 is 4.96. The Kier molecular flexibility index (Phi) is 5.91. The quantitative estimate of drug-likeness (QED) is 0.825. The molecule has 0 saturated heterocycles. The molecule has 1 aliphatic rings. The van der Waals surface area contributed by atoms with Crippen LogP contribution in [0.5, 0.6) is 0 Å². The lowest BCUT2D eigenvalue weighted by Gasteiger charge is -2.34. The molecule has 142 valence electrons. The lowest BCUT2D eigenvalue weighted by molar-refractivity contribution is -0.148. The molecule has 0 saturated carbocycles. The first-order chi connectivity index (χ1) is 13.0. The summed E-state index contributed by atoms with van der Waals surface area (Å²) in [4.78, 5) is 26.7. The SMILES string of the molecule is COC(=O)[C@@H]1Cc2ccccc2CN1CC(=O)Nc1ccc(C(C)C)cc1. The van der Waals surface area contributed by atoms with Gasteiger partial charge in [0.05, 0.1) is 13.7 Å². The van der Waals surface area contributed by atoms with Gasteiger partial charge in [0, 0.05) is 12.2 Å². The van der Waals surface area contributed by atoms with Crippen molar-refractivity contribution < 1.29 is 14.3 Å². The third kappa shape index (κ3) is 4.55. The Morgan fingerprint density at radius 1 is 1.11 bits per heavy atom. The highest BCUT2D eigenvalue weighted by molar-refractivity contribution is 5.92. The van der Waals surface area contributed by atoms with E-state index >= 15 is 0 Å². The Morgan fingerprint density at radius 3 is 2.41 bits per heavy atom. The second-order valence-electron chi connectivity index (χ2n) is 7.24. The summed E-state index contributed by atoms with van der Waals surface area (Å²) in [5, 5.41) is 2.92. The zero-order valence-corrected chi connectivity index (χ0v) is 16.1. The number of fused-ring (bicyclic) bond motifs is 1. The molecule has 0 radical (unpaired) electrons. The summed E-state index contributed by atoms with van der Waals surface area (Å²) >= 11 is 0. The fourth-order valence-corrected chi connectivity index (χ4v) is 3.45. The normalized spacial score (nSPS) is 16.7. The number of amides is 1. The number of rotatable bonds is 5. The minimum absolute atomic E-state index is 0.138. The third-order valence-corrected chi connectivity index (χ3v) is 5.03. The van der Waals surface area contributed by atoms with Gasteiger partial charge in [0.1, 0.15) is 6.04 Å².